The lowest BCUT2D eigenvalue weighted by molar-refractivity contribution is -0.138. The molecule has 0 saturated carbocycles. The SMILES string of the molecule is O=C(O)CC1CN(c2ncc(F)cn2)C1. The molecule has 5 nitrogen and oxygen atoms in total. The number of rotatable bonds is 3. The molecule has 0 aliphatic carbocycles. The standard InChI is InChI=1S/C9H10FN3O2/c10-7-2-11-9(12-3-7)13-4-6(5-13)1-8(14)15/h2-3,6H,1,4-5H2,(H,14,15). The van der Waals surface area contributed by atoms with Crippen molar-refractivity contribution in [2.75, 3.05) is 18.0 Å². The molecule has 6 heteroatoms. The Morgan fingerprint density at radius 2 is 2.13 bits per heavy atom. The Hall–Kier alpha value is -1.72. The minimum atomic E-state index is -0.792. The quantitative estimate of drug-likeness (QED) is 0.789. The van der Waals surface area contributed by atoms with Gasteiger partial charge < -0.3 is 10.0 Å². The monoisotopic (exact) mass is 211 g/mol. The predicted octanol–water partition coefficient (Wildman–Crippen LogP) is 0.527. The highest BCUT2D eigenvalue weighted by atomic mass is 19.1. The number of hydrogen-bond acceptors (Lipinski definition) is 4. The van der Waals surface area contributed by atoms with Crippen LogP contribution in [0.3, 0.4) is 0 Å². The molecule has 1 aliphatic heterocycles. The molecule has 1 aliphatic rings. The fourth-order valence-corrected chi connectivity index (χ4v) is 1.58. The van der Waals surface area contributed by atoms with E-state index in [4.69, 9.17) is 5.11 Å². The molecule has 0 atom stereocenters. The third-order valence-electron chi connectivity index (χ3n) is 2.31. The Kier molecular flexibility index (Phi) is 2.49. The minimum Gasteiger partial charge on any atom is -0.481 e. The van der Waals surface area contributed by atoms with E-state index in [1.165, 1.54) is 0 Å². The normalized spacial score (nSPS) is 16.2. The Morgan fingerprint density at radius 1 is 1.53 bits per heavy atom. The summed E-state index contributed by atoms with van der Waals surface area (Å²) in [7, 11) is 0. The molecule has 0 amide bonds. The van der Waals surface area contributed by atoms with Crippen LogP contribution in [-0.2, 0) is 4.79 Å². The molecular formula is C9H10FN3O2. The summed E-state index contributed by atoms with van der Waals surface area (Å²) in [6.45, 7) is 1.25. The van der Waals surface area contributed by atoms with Crippen molar-refractivity contribution in [3.63, 3.8) is 0 Å². The molecule has 15 heavy (non-hydrogen) atoms. The first-order valence-corrected chi connectivity index (χ1v) is 4.59. The number of aromatic nitrogens is 2. The van der Waals surface area contributed by atoms with Gasteiger partial charge in [-0.05, 0) is 0 Å². The average Bonchev–Trinajstić information content (AvgIpc) is 2.12. The van der Waals surface area contributed by atoms with Gasteiger partial charge in [0.2, 0.25) is 5.95 Å². The zero-order valence-corrected chi connectivity index (χ0v) is 7.93. The van der Waals surface area contributed by atoms with Gasteiger partial charge >= 0.3 is 5.97 Å². The van der Waals surface area contributed by atoms with Crippen LogP contribution >= 0.6 is 0 Å². The first-order valence-electron chi connectivity index (χ1n) is 4.59. The molecule has 1 N–H and O–H groups in total. The number of anilines is 1. The van der Waals surface area contributed by atoms with E-state index in [0.717, 1.165) is 12.4 Å². The van der Waals surface area contributed by atoms with E-state index in [9.17, 15) is 9.18 Å². The van der Waals surface area contributed by atoms with Crippen molar-refractivity contribution in [3.05, 3.63) is 18.2 Å². The van der Waals surface area contributed by atoms with Crippen molar-refractivity contribution in [2.45, 2.75) is 6.42 Å². The van der Waals surface area contributed by atoms with Gasteiger partial charge in [0.05, 0.1) is 18.8 Å². The van der Waals surface area contributed by atoms with Gasteiger partial charge in [-0.25, -0.2) is 14.4 Å². The van der Waals surface area contributed by atoms with Gasteiger partial charge in [-0.3, -0.25) is 4.79 Å². The highest BCUT2D eigenvalue weighted by Crippen LogP contribution is 2.22. The number of carbonyl (C=O) groups is 1. The molecule has 1 aromatic heterocycles. The lowest BCUT2D eigenvalue weighted by Gasteiger charge is -2.38. The van der Waals surface area contributed by atoms with E-state index in [0.29, 0.717) is 19.0 Å². The Morgan fingerprint density at radius 3 is 2.67 bits per heavy atom. The van der Waals surface area contributed by atoms with Crippen LogP contribution < -0.4 is 4.90 Å². The molecule has 0 bridgehead atoms. The second-order valence-corrected chi connectivity index (χ2v) is 3.57. The molecule has 1 saturated heterocycles. The number of aliphatic carboxylic acids is 1. The summed E-state index contributed by atoms with van der Waals surface area (Å²) in [5.41, 5.74) is 0. The molecular weight excluding hydrogens is 201 g/mol. The largest absolute Gasteiger partial charge is 0.481 e. The number of carboxylic acid groups (broad SMARTS) is 1. The Bertz CT molecular complexity index is 362. The van der Waals surface area contributed by atoms with Crippen LogP contribution in [0.15, 0.2) is 12.4 Å². The predicted molar refractivity (Wildman–Crippen MR) is 49.9 cm³/mol. The van der Waals surface area contributed by atoms with Crippen molar-refractivity contribution >= 4 is 11.9 Å². The summed E-state index contributed by atoms with van der Waals surface area (Å²) in [5, 5.41) is 8.54. The van der Waals surface area contributed by atoms with E-state index in [2.05, 4.69) is 9.97 Å². The van der Waals surface area contributed by atoms with Gasteiger partial charge in [-0.2, -0.15) is 0 Å². The van der Waals surface area contributed by atoms with Gasteiger partial charge in [0.25, 0.3) is 0 Å². The van der Waals surface area contributed by atoms with Gasteiger partial charge in [0, 0.05) is 19.0 Å². The summed E-state index contributed by atoms with van der Waals surface area (Å²) in [5.74, 6) is -0.657. The fourth-order valence-electron chi connectivity index (χ4n) is 1.58. The van der Waals surface area contributed by atoms with E-state index in [-0.39, 0.29) is 12.3 Å². The van der Waals surface area contributed by atoms with Crippen LogP contribution in [0.2, 0.25) is 0 Å². The molecule has 0 unspecified atom stereocenters. The maximum Gasteiger partial charge on any atom is 0.303 e. The highest BCUT2D eigenvalue weighted by Gasteiger charge is 2.30. The second kappa shape index (κ2) is 3.80. The lowest BCUT2D eigenvalue weighted by Crippen LogP contribution is -2.48. The Labute approximate surface area is 85.6 Å². The number of hydrogen-bond donors (Lipinski definition) is 1. The van der Waals surface area contributed by atoms with Gasteiger partial charge in [-0.15, -0.1) is 0 Å². The van der Waals surface area contributed by atoms with Crippen molar-refractivity contribution in [3.8, 4) is 0 Å². The molecule has 0 radical (unpaired) electrons. The molecule has 2 heterocycles. The molecule has 1 aromatic rings. The lowest BCUT2D eigenvalue weighted by atomic mass is 9.97. The molecule has 80 valence electrons. The van der Waals surface area contributed by atoms with Crippen molar-refractivity contribution < 1.29 is 14.3 Å². The maximum absolute atomic E-state index is 12.5. The van der Waals surface area contributed by atoms with Gasteiger partial charge in [0.1, 0.15) is 0 Å². The molecule has 0 aromatic carbocycles. The van der Waals surface area contributed by atoms with Crippen LogP contribution in [-0.4, -0.2) is 34.1 Å². The van der Waals surface area contributed by atoms with E-state index in [1.807, 2.05) is 4.90 Å². The minimum absolute atomic E-state index is 0.149. The first kappa shape index (κ1) is 9.82. The van der Waals surface area contributed by atoms with E-state index in [1.54, 1.807) is 0 Å². The van der Waals surface area contributed by atoms with Crippen molar-refractivity contribution in [2.24, 2.45) is 5.92 Å². The Balaban J connectivity index is 1.89. The van der Waals surface area contributed by atoms with E-state index < -0.39 is 11.8 Å². The van der Waals surface area contributed by atoms with Crippen molar-refractivity contribution in [1.29, 1.82) is 0 Å². The summed E-state index contributed by atoms with van der Waals surface area (Å²) in [6.07, 6.45) is 2.37. The van der Waals surface area contributed by atoms with Crippen LogP contribution in [0.4, 0.5) is 10.3 Å². The fraction of sp³-hybridized carbons (Fsp3) is 0.444. The molecule has 1 fully saturated rings. The molecule has 2 rings (SSSR count). The third kappa shape index (κ3) is 2.20. The summed E-state index contributed by atoms with van der Waals surface area (Å²) >= 11 is 0. The van der Waals surface area contributed by atoms with Gasteiger partial charge in [0.15, 0.2) is 5.82 Å². The van der Waals surface area contributed by atoms with Crippen molar-refractivity contribution in [1.82, 2.24) is 9.97 Å². The zero-order valence-electron chi connectivity index (χ0n) is 7.93. The smallest absolute Gasteiger partial charge is 0.303 e. The topological polar surface area (TPSA) is 66.3 Å². The first-order chi connectivity index (χ1) is 7.15. The number of nitrogens with zero attached hydrogens (tertiary/aromatic N) is 3. The summed E-state index contributed by atoms with van der Waals surface area (Å²) in [6, 6.07) is 0. The number of halogens is 1. The third-order valence-corrected chi connectivity index (χ3v) is 2.31. The number of carboxylic acids is 1. The zero-order chi connectivity index (χ0) is 10.8. The highest BCUT2D eigenvalue weighted by molar-refractivity contribution is 5.67. The maximum atomic E-state index is 12.5. The summed E-state index contributed by atoms with van der Waals surface area (Å²) < 4.78 is 12.5. The van der Waals surface area contributed by atoms with Crippen LogP contribution in [0.5, 0.6) is 0 Å². The molecule has 0 spiro atoms. The van der Waals surface area contributed by atoms with E-state index >= 15 is 0 Å². The van der Waals surface area contributed by atoms with Gasteiger partial charge in [-0.1, -0.05) is 0 Å². The second-order valence-electron chi connectivity index (χ2n) is 3.57. The van der Waals surface area contributed by atoms with Crippen LogP contribution in [0.25, 0.3) is 0 Å². The summed E-state index contributed by atoms with van der Waals surface area (Å²) in [4.78, 5) is 19.8. The van der Waals surface area contributed by atoms with Crippen LogP contribution in [0, 0.1) is 11.7 Å². The average molecular weight is 211 g/mol. The van der Waals surface area contributed by atoms with Crippen LogP contribution in [0.1, 0.15) is 6.42 Å².